The first-order valence-corrected chi connectivity index (χ1v) is 9.50. The predicted octanol–water partition coefficient (Wildman–Crippen LogP) is 4.36. The number of halogens is 3. The number of nitrogens with two attached hydrogens (primary N) is 1. The van der Waals surface area contributed by atoms with E-state index in [0.717, 1.165) is 29.5 Å². The van der Waals surface area contributed by atoms with E-state index in [9.17, 15) is 23.5 Å². The van der Waals surface area contributed by atoms with Crippen LogP contribution >= 0.6 is 22.9 Å². The Kier molecular flexibility index (Phi) is 5.81. The second-order valence-electron chi connectivity index (χ2n) is 5.91. The van der Waals surface area contributed by atoms with E-state index in [1.807, 2.05) is 0 Å². The zero-order valence-corrected chi connectivity index (χ0v) is 16.5. The van der Waals surface area contributed by atoms with Gasteiger partial charge in [0, 0.05) is 10.4 Å². The Hall–Kier alpha value is -3.04. The van der Waals surface area contributed by atoms with E-state index in [4.69, 9.17) is 17.3 Å². The highest BCUT2D eigenvalue weighted by molar-refractivity contribution is 7.15. The molecule has 4 N–H and O–H groups in total. The van der Waals surface area contributed by atoms with E-state index >= 15 is 0 Å². The number of nitrogens with zero attached hydrogens (tertiary/aromatic N) is 1. The van der Waals surface area contributed by atoms with E-state index < -0.39 is 34.8 Å². The SMILES string of the molecule is CCc1sc(-c2cc(O)c(C(=O)Nc3c(F)cccc3Cl)cc2F)nc1C(N)=O. The lowest BCUT2D eigenvalue weighted by atomic mass is 10.1. The number of aromatic nitrogens is 1. The van der Waals surface area contributed by atoms with Gasteiger partial charge in [0.2, 0.25) is 0 Å². The summed E-state index contributed by atoms with van der Waals surface area (Å²) >= 11 is 6.91. The summed E-state index contributed by atoms with van der Waals surface area (Å²) in [7, 11) is 0. The highest BCUT2D eigenvalue weighted by Crippen LogP contribution is 2.35. The van der Waals surface area contributed by atoms with Crippen molar-refractivity contribution < 1.29 is 23.5 Å². The van der Waals surface area contributed by atoms with E-state index in [1.54, 1.807) is 6.92 Å². The van der Waals surface area contributed by atoms with E-state index in [1.165, 1.54) is 12.1 Å². The summed E-state index contributed by atoms with van der Waals surface area (Å²) in [5.41, 5.74) is 4.49. The summed E-state index contributed by atoms with van der Waals surface area (Å²) < 4.78 is 28.5. The number of para-hydroxylation sites is 1. The number of carbonyl (C=O) groups excluding carboxylic acids is 2. The molecule has 0 aliphatic heterocycles. The number of rotatable bonds is 5. The number of hydrogen-bond donors (Lipinski definition) is 3. The van der Waals surface area contributed by atoms with Gasteiger partial charge in [-0.3, -0.25) is 9.59 Å². The third-order valence-electron chi connectivity index (χ3n) is 4.01. The lowest BCUT2D eigenvalue weighted by molar-refractivity contribution is 0.0993. The molecule has 0 spiro atoms. The number of thiazole rings is 1. The van der Waals surface area contributed by atoms with E-state index in [2.05, 4.69) is 10.3 Å². The number of anilines is 1. The summed E-state index contributed by atoms with van der Waals surface area (Å²) in [4.78, 5) is 28.5. The average Bonchev–Trinajstić information content (AvgIpc) is 3.10. The van der Waals surface area contributed by atoms with Crippen LogP contribution in [0.5, 0.6) is 5.75 Å². The van der Waals surface area contributed by atoms with Gasteiger partial charge in [0.05, 0.1) is 16.3 Å². The molecule has 29 heavy (non-hydrogen) atoms. The van der Waals surface area contributed by atoms with Crippen LogP contribution in [0.1, 0.15) is 32.6 Å². The van der Waals surface area contributed by atoms with Crippen LogP contribution in [0, 0.1) is 11.6 Å². The molecule has 2 aromatic carbocycles. The number of phenolic OH excluding ortho intramolecular Hbond substituents is 1. The molecule has 0 atom stereocenters. The quantitative estimate of drug-likeness (QED) is 0.551. The standard InChI is InChI=1S/C19H14ClF2N3O3S/c1-2-14-16(17(23)27)25-19(29-14)8-7-13(26)9(6-12(8)22)18(28)24-15-10(20)4-3-5-11(15)21/h3-7,26H,2H2,1H3,(H2,23,27)(H,24,28). The molecule has 6 nitrogen and oxygen atoms in total. The lowest BCUT2D eigenvalue weighted by Gasteiger charge is -2.10. The van der Waals surface area contributed by atoms with Crippen LogP contribution in [0.2, 0.25) is 5.02 Å². The Morgan fingerprint density at radius 1 is 1.28 bits per heavy atom. The topological polar surface area (TPSA) is 105 Å². The van der Waals surface area contributed by atoms with Crippen molar-refractivity contribution in [2.24, 2.45) is 5.73 Å². The normalized spacial score (nSPS) is 10.8. The second kappa shape index (κ2) is 8.14. The zero-order chi connectivity index (χ0) is 21.3. The number of aromatic hydroxyl groups is 1. The molecular formula is C19H14ClF2N3O3S. The van der Waals surface area contributed by atoms with Gasteiger partial charge in [-0.2, -0.15) is 0 Å². The molecule has 1 heterocycles. The van der Waals surface area contributed by atoms with E-state index in [0.29, 0.717) is 11.3 Å². The Morgan fingerprint density at radius 2 is 2.00 bits per heavy atom. The smallest absolute Gasteiger partial charge is 0.268 e. The van der Waals surface area contributed by atoms with Gasteiger partial charge in [-0.15, -0.1) is 11.3 Å². The summed E-state index contributed by atoms with van der Waals surface area (Å²) in [6.45, 7) is 1.79. The number of hydrogen-bond acceptors (Lipinski definition) is 5. The van der Waals surface area contributed by atoms with Gasteiger partial charge in [0.25, 0.3) is 11.8 Å². The van der Waals surface area contributed by atoms with Gasteiger partial charge in [0.1, 0.15) is 28.1 Å². The molecule has 0 radical (unpaired) electrons. The number of nitrogens with one attached hydrogen (secondary N) is 1. The van der Waals surface area contributed by atoms with Crippen molar-refractivity contribution in [3.8, 4) is 16.3 Å². The van der Waals surface area contributed by atoms with Gasteiger partial charge in [-0.25, -0.2) is 13.8 Å². The zero-order valence-electron chi connectivity index (χ0n) is 14.9. The van der Waals surface area contributed by atoms with Crippen LogP contribution in [0.4, 0.5) is 14.5 Å². The molecule has 150 valence electrons. The summed E-state index contributed by atoms with van der Waals surface area (Å²) in [5, 5.41) is 12.5. The van der Waals surface area contributed by atoms with Crippen molar-refractivity contribution >= 4 is 40.4 Å². The van der Waals surface area contributed by atoms with Crippen molar-refractivity contribution in [1.82, 2.24) is 4.98 Å². The first-order chi connectivity index (χ1) is 13.7. The number of carbonyl (C=O) groups is 2. The van der Waals surface area contributed by atoms with Crippen LogP contribution < -0.4 is 11.1 Å². The molecule has 1 aromatic heterocycles. The monoisotopic (exact) mass is 437 g/mol. The summed E-state index contributed by atoms with van der Waals surface area (Å²) in [6.07, 6.45) is 0.466. The van der Waals surface area contributed by atoms with E-state index in [-0.39, 0.29) is 27.0 Å². The fraction of sp³-hybridized carbons (Fsp3) is 0.105. The van der Waals surface area contributed by atoms with Crippen LogP contribution in [-0.4, -0.2) is 21.9 Å². The molecule has 0 saturated heterocycles. The third-order valence-corrected chi connectivity index (χ3v) is 5.56. The summed E-state index contributed by atoms with van der Waals surface area (Å²) in [6, 6.07) is 5.63. The number of primary amides is 1. The molecule has 2 amide bonds. The predicted molar refractivity (Wildman–Crippen MR) is 106 cm³/mol. The van der Waals surface area contributed by atoms with Crippen molar-refractivity contribution in [2.45, 2.75) is 13.3 Å². The fourth-order valence-electron chi connectivity index (χ4n) is 2.60. The highest BCUT2D eigenvalue weighted by Gasteiger charge is 2.22. The minimum atomic E-state index is -0.953. The number of aryl methyl sites for hydroxylation is 1. The molecule has 0 unspecified atom stereocenters. The van der Waals surface area contributed by atoms with Gasteiger partial charge in [-0.1, -0.05) is 24.6 Å². The minimum Gasteiger partial charge on any atom is -0.507 e. The van der Waals surface area contributed by atoms with Crippen LogP contribution in [0.3, 0.4) is 0 Å². The second-order valence-corrected chi connectivity index (χ2v) is 7.40. The molecule has 3 rings (SSSR count). The molecule has 0 bridgehead atoms. The van der Waals surface area contributed by atoms with Crippen molar-refractivity contribution in [3.05, 3.63) is 63.1 Å². The maximum atomic E-state index is 14.7. The van der Waals surface area contributed by atoms with Crippen molar-refractivity contribution in [2.75, 3.05) is 5.32 Å². The summed E-state index contributed by atoms with van der Waals surface area (Å²) in [5.74, 6) is -3.89. The molecule has 0 fully saturated rings. The fourth-order valence-corrected chi connectivity index (χ4v) is 3.84. The molecule has 0 aliphatic rings. The Balaban J connectivity index is 1.98. The van der Waals surface area contributed by atoms with Gasteiger partial charge in [0.15, 0.2) is 0 Å². The average molecular weight is 438 g/mol. The Labute approximate surface area is 173 Å². The molecule has 0 saturated carbocycles. The van der Waals surface area contributed by atoms with Crippen LogP contribution in [0.15, 0.2) is 30.3 Å². The van der Waals surface area contributed by atoms with Crippen LogP contribution in [0.25, 0.3) is 10.6 Å². The molecule has 0 aliphatic carbocycles. The van der Waals surface area contributed by atoms with Gasteiger partial charge in [-0.05, 0) is 30.7 Å². The Bertz CT molecular complexity index is 1110. The first kappa shape index (κ1) is 20.7. The Morgan fingerprint density at radius 3 is 2.59 bits per heavy atom. The maximum absolute atomic E-state index is 14.7. The van der Waals surface area contributed by atoms with Gasteiger partial charge < -0.3 is 16.2 Å². The number of amides is 2. The van der Waals surface area contributed by atoms with Crippen molar-refractivity contribution in [1.29, 1.82) is 0 Å². The largest absolute Gasteiger partial charge is 0.507 e. The molecular weight excluding hydrogens is 424 g/mol. The minimum absolute atomic E-state index is 0.0300. The first-order valence-electron chi connectivity index (χ1n) is 8.30. The lowest BCUT2D eigenvalue weighted by Crippen LogP contribution is -2.14. The molecule has 10 heteroatoms. The maximum Gasteiger partial charge on any atom is 0.268 e. The number of benzene rings is 2. The van der Waals surface area contributed by atoms with Crippen molar-refractivity contribution in [3.63, 3.8) is 0 Å². The van der Waals surface area contributed by atoms with Gasteiger partial charge >= 0.3 is 0 Å². The highest BCUT2D eigenvalue weighted by atomic mass is 35.5. The number of phenols is 1. The van der Waals surface area contributed by atoms with Crippen LogP contribution in [-0.2, 0) is 6.42 Å². The third kappa shape index (κ3) is 4.06. The molecule has 3 aromatic rings.